The van der Waals surface area contributed by atoms with Crippen molar-refractivity contribution in [2.75, 3.05) is 0 Å². The van der Waals surface area contributed by atoms with Crippen molar-refractivity contribution >= 4 is 16.7 Å². The van der Waals surface area contributed by atoms with Crippen molar-refractivity contribution in [3.8, 4) is 0 Å². The molecule has 23 heavy (non-hydrogen) atoms. The Hall–Kier alpha value is -2.70. The van der Waals surface area contributed by atoms with Crippen LogP contribution < -0.4 is 0 Å². The number of H-pyrrole nitrogens is 1. The summed E-state index contributed by atoms with van der Waals surface area (Å²) in [4.78, 5) is 14.9. The second kappa shape index (κ2) is 5.49. The molecule has 1 N–H and O–H groups in total. The molecule has 0 radical (unpaired) electrons. The monoisotopic (exact) mass is 325 g/mol. The van der Waals surface area contributed by atoms with Crippen LogP contribution >= 0.6 is 0 Å². The number of halogens is 5. The molecule has 1 heterocycles. The van der Waals surface area contributed by atoms with Crippen LogP contribution in [-0.4, -0.2) is 10.8 Å². The molecule has 0 saturated carbocycles. The molecule has 0 aliphatic carbocycles. The van der Waals surface area contributed by atoms with Gasteiger partial charge in [0, 0.05) is 18.1 Å². The molecule has 2 nitrogen and oxygen atoms in total. The van der Waals surface area contributed by atoms with E-state index in [2.05, 4.69) is 4.98 Å². The minimum atomic E-state index is -2.29. The van der Waals surface area contributed by atoms with E-state index < -0.39 is 46.9 Å². The number of hydrogen-bond donors (Lipinski definition) is 1. The number of carbonyl (C=O) groups is 1. The van der Waals surface area contributed by atoms with Crippen molar-refractivity contribution < 1.29 is 26.7 Å². The van der Waals surface area contributed by atoms with Crippen LogP contribution in [0.3, 0.4) is 0 Å². The summed E-state index contributed by atoms with van der Waals surface area (Å²) in [7, 11) is 0. The summed E-state index contributed by atoms with van der Waals surface area (Å²) < 4.78 is 66.5. The lowest BCUT2D eigenvalue weighted by Crippen LogP contribution is -2.14. The Labute approximate surface area is 126 Å². The van der Waals surface area contributed by atoms with Crippen molar-refractivity contribution in [3.05, 3.63) is 70.7 Å². The van der Waals surface area contributed by atoms with Gasteiger partial charge in [-0.15, -0.1) is 0 Å². The van der Waals surface area contributed by atoms with Crippen LogP contribution in [0.1, 0.15) is 15.9 Å². The third kappa shape index (κ3) is 2.48. The van der Waals surface area contributed by atoms with Crippen LogP contribution in [0, 0.1) is 29.1 Å². The zero-order chi connectivity index (χ0) is 16.7. The van der Waals surface area contributed by atoms with E-state index in [1.54, 1.807) is 24.4 Å². The maximum absolute atomic E-state index is 13.6. The van der Waals surface area contributed by atoms with Crippen LogP contribution in [0.5, 0.6) is 0 Å². The minimum Gasteiger partial charge on any atom is -0.361 e. The van der Waals surface area contributed by atoms with Gasteiger partial charge in [-0.05, 0) is 29.1 Å². The highest BCUT2D eigenvalue weighted by Gasteiger charge is 2.29. The van der Waals surface area contributed by atoms with Crippen LogP contribution in [0.4, 0.5) is 22.0 Å². The molecule has 0 bridgehead atoms. The molecular weight excluding hydrogens is 317 g/mol. The standard InChI is InChI=1S/C16H8F5NO/c17-12-11(13(18)15(20)16(21)14(12)19)10(23)6-7-1-2-9-8(5-7)3-4-22-9/h1-5,22H,6H2. The van der Waals surface area contributed by atoms with Crippen LogP contribution in [0.2, 0.25) is 0 Å². The van der Waals surface area contributed by atoms with Crippen LogP contribution in [-0.2, 0) is 6.42 Å². The van der Waals surface area contributed by atoms with E-state index >= 15 is 0 Å². The first kappa shape index (κ1) is 15.2. The molecule has 3 aromatic rings. The number of aromatic nitrogens is 1. The Morgan fingerprint density at radius 1 is 0.870 bits per heavy atom. The first-order chi connectivity index (χ1) is 10.9. The van der Waals surface area contributed by atoms with Crippen molar-refractivity contribution in [1.29, 1.82) is 0 Å². The average Bonchev–Trinajstić information content (AvgIpc) is 2.99. The summed E-state index contributed by atoms with van der Waals surface area (Å²) in [5, 5.41) is 0.757. The van der Waals surface area contributed by atoms with Gasteiger partial charge in [-0.1, -0.05) is 6.07 Å². The average molecular weight is 325 g/mol. The number of benzene rings is 2. The lowest BCUT2D eigenvalue weighted by Gasteiger charge is -2.07. The summed E-state index contributed by atoms with van der Waals surface area (Å²) in [6, 6.07) is 6.50. The van der Waals surface area contributed by atoms with Gasteiger partial charge < -0.3 is 4.98 Å². The molecule has 118 valence electrons. The fourth-order valence-corrected chi connectivity index (χ4v) is 2.34. The van der Waals surface area contributed by atoms with E-state index in [4.69, 9.17) is 0 Å². The highest BCUT2D eigenvalue weighted by atomic mass is 19.2. The third-order valence-corrected chi connectivity index (χ3v) is 3.47. The van der Waals surface area contributed by atoms with E-state index in [9.17, 15) is 26.7 Å². The predicted octanol–water partition coefficient (Wildman–Crippen LogP) is 4.29. The molecule has 1 aromatic heterocycles. The third-order valence-electron chi connectivity index (χ3n) is 3.47. The first-order valence-corrected chi connectivity index (χ1v) is 6.50. The first-order valence-electron chi connectivity index (χ1n) is 6.50. The molecule has 0 spiro atoms. The Morgan fingerprint density at radius 2 is 1.48 bits per heavy atom. The molecule has 0 fully saturated rings. The lowest BCUT2D eigenvalue weighted by molar-refractivity contribution is 0.0981. The zero-order valence-corrected chi connectivity index (χ0v) is 11.4. The molecule has 3 rings (SSSR count). The summed E-state index contributed by atoms with van der Waals surface area (Å²) >= 11 is 0. The Bertz CT molecular complexity index is 903. The number of aromatic amines is 1. The molecular formula is C16H8F5NO. The lowest BCUT2D eigenvalue weighted by atomic mass is 10.0. The van der Waals surface area contributed by atoms with Crippen LogP contribution in [0.25, 0.3) is 10.9 Å². The van der Waals surface area contributed by atoms with Gasteiger partial charge in [0.05, 0.1) is 5.56 Å². The normalized spacial score (nSPS) is 11.2. The Balaban J connectivity index is 2.00. The fraction of sp³-hybridized carbons (Fsp3) is 0.0625. The fourth-order valence-electron chi connectivity index (χ4n) is 2.34. The van der Waals surface area contributed by atoms with Gasteiger partial charge in [0.15, 0.2) is 29.1 Å². The van der Waals surface area contributed by atoms with E-state index in [1.165, 1.54) is 6.07 Å². The van der Waals surface area contributed by atoms with Gasteiger partial charge in [-0.3, -0.25) is 4.79 Å². The van der Waals surface area contributed by atoms with Crippen molar-refractivity contribution in [1.82, 2.24) is 4.98 Å². The smallest absolute Gasteiger partial charge is 0.200 e. The molecule has 0 unspecified atom stereocenters. The number of ketones is 1. The highest BCUT2D eigenvalue weighted by Crippen LogP contribution is 2.25. The number of nitrogens with one attached hydrogen (secondary N) is 1. The quantitative estimate of drug-likeness (QED) is 0.331. The molecule has 0 aliphatic heterocycles. The number of rotatable bonds is 3. The van der Waals surface area contributed by atoms with Gasteiger partial charge in [0.25, 0.3) is 0 Å². The Kier molecular flexibility index (Phi) is 3.63. The zero-order valence-electron chi connectivity index (χ0n) is 11.4. The number of hydrogen-bond acceptors (Lipinski definition) is 1. The molecule has 0 aliphatic rings. The predicted molar refractivity (Wildman–Crippen MR) is 72.6 cm³/mol. The van der Waals surface area contributed by atoms with E-state index in [1.807, 2.05) is 0 Å². The summed E-state index contributed by atoms with van der Waals surface area (Å²) in [5.74, 6) is -12.0. The van der Waals surface area contributed by atoms with Crippen molar-refractivity contribution in [2.24, 2.45) is 0 Å². The van der Waals surface area contributed by atoms with Gasteiger partial charge in [-0.25, -0.2) is 22.0 Å². The minimum absolute atomic E-state index is 0.394. The van der Waals surface area contributed by atoms with Gasteiger partial charge in [0.2, 0.25) is 5.82 Å². The maximum Gasteiger partial charge on any atom is 0.200 e. The number of Topliss-reactive ketones (excluding diaryl/α,β-unsaturated/α-hetero) is 1. The topological polar surface area (TPSA) is 32.9 Å². The highest BCUT2D eigenvalue weighted by molar-refractivity contribution is 5.98. The molecule has 0 atom stereocenters. The largest absolute Gasteiger partial charge is 0.361 e. The molecule has 7 heteroatoms. The summed E-state index contributed by atoms with van der Waals surface area (Å²) in [6.07, 6.45) is 1.18. The van der Waals surface area contributed by atoms with Gasteiger partial charge in [0.1, 0.15) is 0 Å². The van der Waals surface area contributed by atoms with Crippen LogP contribution in [0.15, 0.2) is 30.5 Å². The second-order valence-corrected chi connectivity index (χ2v) is 4.94. The summed E-state index contributed by atoms with van der Waals surface area (Å²) in [5.41, 5.74) is -0.237. The van der Waals surface area contributed by atoms with Gasteiger partial charge in [-0.2, -0.15) is 0 Å². The second-order valence-electron chi connectivity index (χ2n) is 4.94. The van der Waals surface area contributed by atoms with E-state index in [0.29, 0.717) is 5.56 Å². The molecule has 2 aromatic carbocycles. The Morgan fingerprint density at radius 3 is 2.13 bits per heavy atom. The molecule has 0 amide bonds. The molecule has 0 saturated heterocycles. The van der Waals surface area contributed by atoms with E-state index in [0.717, 1.165) is 10.9 Å². The summed E-state index contributed by atoms with van der Waals surface area (Å²) in [6.45, 7) is 0. The number of fused-ring (bicyclic) bond motifs is 1. The number of carbonyl (C=O) groups excluding carboxylic acids is 1. The van der Waals surface area contributed by atoms with E-state index in [-0.39, 0.29) is 0 Å². The van der Waals surface area contributed by atoms with Gasteiger partial charge >= 0.3 is 0 Å². The maximum atomic E-state index is 13.6. The SMILES string of the molecule is O=C(Cc1ccc2[nH]ccc2c1)c1c(F)c(F)c(F)c(F)c1F. The van der Waals surface area contributed by atoms with Crippen molar-refractivity contribution in [3.63, 3.8) is 0 Å². The van der Waals surface area contributed by atoms with Crippen molar-refractivity contribution in [2.45, 2.75) is 6.42 Å².